The van der Waals surface area contributed by atoms with Crippen LogP contribution >= 0.6 is 0 Å². The molecule has 1 aliphatic heterocycles. The molecule has 0 N–H and O–H groups in total. The van der Waals surface area contributed by atoms with Crippen molar-refractivity contribution < 1.29 is 24.0 Å². The Kier molecular flexibility index (Phi) is 6.32. The monoisotopic (exact) mass is 469 g/mol. The number of Topliss-reactive ketones (excluding diaryl/α,β-unsaturated/α-hetero) is 1. The van der Waals surface area contributed by atoms with Crippen molar-refractivity contribution in [2.75, 3.05) is 4.90 Å². The number of nitrogens with zero attached hydrogens (tertiary/aromatic N) is 3. The zero-order valence-electron chi connectivity index (χ0n) is 18.8. The maximum atomic E-state index is 13.5. The van der Waals surface area contributed by atoms with Crippen molar-refractivity contribution in [1.29, 1.82) is 0 Å². The summed E-state index contributed by atoms with van der Waals surface area (Å²) in [7, 11) is 0. The van der Waals surface area contributed by atoms with Gasteiger partial charge >= 0.3 is 5.97 Å². The van der Waals surface area contributed by atoms with Crippen LogP contribution in [0.25, 0.3) is 6.08 Å². The summed E-state index contributed by atoms with van der Waals surface area (Å²) in [6, 6.07) is 18.9. The molecule has 0 fully saturated rings. The Hall–Kier alpha value is -4.92. The topological polar surface area (TPSA) is 119 Å². The average Bonchev–Trinajstić information content (AvgIpc) is 3.14. The number of nitro groups is 1. The first-order valence-corrected chi connectivity index (χ1v) is 10.5. The van der Waals surface area contributed by atoms with Gasteiger partial charge in [-0.3, -0.25) is 29.4 Å². The first-order chi connectivity index (χ1) is 16.7. The van der Waals surface area contributed by atoms with Gasteiger partial charge in [0, 0.05) is 24.6 Å². The maximum Gasteiger partial charge on any atom is 0.308 e. The van der Waals surface area contributed by atoms with E-state index in [0.717, 1.165) is 0 Å². The van der Waals surface area contributed by atoms with Crippen LogP contribution in [0, 0.1) is 10.1 Å². The number of nitro benzene ring substituents is 1. The molecule has 0 aromatic heterocycles. The highest BCUT2D eigenvalue weighted by Crippen LogP contribution is 2.32. The molecule has 3 aromatic carbocycles. The third-order valence-corrected chi connectivity index (χ3v) is 5.16. The molecule has 0 atom stereocenters. The predicted octanol–water partition coefficient (Wildman–Crippen LogP) is 4.56. The second-order valence-corrected chi connectivity index (χ2v) is 7.65. The van der Waals surface area contributed by atoms with E-state index in [9.17, 15) is 24.5 Å². The number of amidine groups is 1. The first kappa shape index (κ1) is 23.2. The Balaban J connectivity index is 1.86. The number of para-hydroxylation sites is 1. The van der Waals surface area contributed by atoms with Crippen LogP contribution in [0.3, 0.4) is 0 Å². The molecule has 1 aliphatic rings. The van der Waals surface area contributed by atoms with Crippen LogP contribution in [0.1, 0.15) is 35.3 Å². The Morgan fingerprint density at radius 2 is 1.71 bits per heavy atom. The lowest BCUT2D eigenvalue weighted by atomic mass is 10.1. The standard InChI is InChI=1S/C26H19N3O6/c1-16(30)19-10-12-20(13-11-19)28-25(22-8-3-4-9-24(22)35-17(2)31)27-23(26(28)32)15-18-6-5-7-21(14-18)29(33)34/h3-15H,1-2H3. The Bertz CT molecular complexity index is 1420. The van der Waals surface area contributed by atoms with Crippen LogP contribution in [0.5, 0.6) is 5.75 Å². The molecule has 0 unspecified atom stereocenters. The summed E-state index contributed by atoms with van der Waals surface area (Å²) in [6.07, 6.45) is 1.45. The lowest BCUT2D eigenvalue weighted by molar-refractivity contribution is -0.384. The summed E-state index contributed by atoms with van der Waals surface area (Å²) in [4.78, 5) is 53.3. The Morgan fingerprint density at radius 1 is 1.00 bits per heavy atom. The van der Waals surface area contributed by atoms with E-state index in [0.29, 0.717) is 22.4 Å². The molecular formula is C26H19N3O6. The summed E-state index contributed by atoms with van der Waals surface area (Å²) in [5, 5.41) is 11.1. The summed E-state index contributed by atoms with van der Waals surface area (Å²) < 4.78 is 5.33. The Morgan fingerprint density at radius 3 is 2.37 bits per heavy atom. The van der Waals surface area contributed by atoms with Crippen molar-refractivity contribution in [3.05, 3.63) is 105 Å². The zero-order chi connectivity index (χ0) is 25.1. The number of ketones is 1. The molecule has 0 radical (unpaired) electrons. The fraction of sp³-hybridized carbons (Fsp3) is 0.0769. The molecule has 0 bridgehead atoms. The molecule has 174 valence electrons. The Labute approximate surface area is 200 Å². The quantitative estimate of drug-likeness (QED) is 0.130. The molecular weight excluding hydrogens is 450 g/mol. The van der Waals surface area contributed by atoms with Gasteiger partial charge < -0.3 is 4.74 Å². The summed E-state index contributed by atoms with van der Waals surface area (Å²) >= 11 is 0. The van der Waals surface area contributed by atoms with Gasteiger partial charge in [-0.1, -0.05) is 24.3 Å². The largest absolute Gasteiger partial charge is 0.426 e. The van der Waals surface area contributed by atoms with Gasteiger partial charge in [0.2, 0.25) is 0 Å². The number of ether oxygens (including phenoxy) is 1. The van der Waals surface area contributed by atoms with E-state index >= 15 is 0 Å². The lowest BCUT2D eigenvalue weighted by Gasteiger charge is -2.20. The number of non-ortho nitro benzene ring substituents is 1. The molecule has 9 nitrogen and oxygen atoms in total. The van der Waals surface area contributed by atoms with Gasteiger partial charge in [0.15, 0.2) is 11.6 Å². The van der Waals surface area contributed by atoms with Crippen molar-refractivity contribution in [3.63, 3.8) is 0 Å². The number of anilines is 1. The number of esters is 1. The van der Waals surface area contributed by atoms with E-state index in [-0.39, 0.29) is 28.8 Å². The van der Waals surface area contributed by atoms with E-state index in [1.54, 1.807) is 54.6 Å². The fourth-order valence-corrected chi connectivity index (χ4v) is 3.56. The van der Waals surface area contributed by atoms with Gasteiger partial charge in [-0.15, -0.1) is 0 Å². The molecule has 3 aromatic rings. The molecule has 9 heteroatoms. The van der Waals surface area contributed by atoms with Crippen molar-refractivity contribution in [2.45, 2.75) is 13.8 Å². The van der Waals surface area contributed by atoms with Crippen LogP contribution in [-0.4, -0.2) is 28.4 Å². The lowest BCUT2D eigenvalue weighted by Crippen LogP contribution is -2.33. The SMILES string of the molecule is CC(=O)Oc1ccccc1C1=NC(=Cc2cccc([N+](=O)[O-])c2)C(=O)N1c1ccc(C(C)=O)cc1. The van der Waals surface area contributed by atoms with E-state index < -0.39 is 16.8 Å². The normalized spacial score (nSPS) is 14.1. The number of carbonyl (C=O) groups is 3. The highest BCUT2D eigenvalue weighted by Gasteiger charge is 2.34. The fourth-order valence-electron chi connectivity index (χ4n) is 3.56. The van der Waals surface area contributed by atoms with Gasteiger partial charge in [0.25, 0.3) is 11.6 Å². The molecule has 1 heterocycles. The molecule has 0 saturated carbocycles. The van der Waals surface area contributed by atoms with Gasteiger partial charge in [-0.2, -0.15) is 0 Å². The number of hydrogen-bond acceptors (Lipinski definition) is 7. The van der Waals surface area contributed by atoms with Crippen molar-refractivity contribution in [3.8, 4) is 5.75 Å². The van der Waals surface area contributed by atoms with Crippen LogP contribution in [0.2, 0.25) is 0 Å². The highest BCUT2D eigenvalue weighted by molar-refractivity contribution is 6.33. The van der Waals surface area contributed by atoms with Gasteiger partial charge in [0.05, 0.1) is 16.2 Å². The van der Waals surface area contributed by atoms with Crippen molar-refractivity contribution in [1.82, 2.24) is 0 Å². The smallest absolute Gasteiger partial charge is 0.308 e. The second kappa shape index (κ2) is 9.52. The maximum absolute atomic E-state index is 13.5. The van der Waals surface area contributed by atoms with E-state index in [2.05, 4.69) is 4.99 Å². The van der Waals surface area contributed by atoms with Crippen LogP contribution in [-0.2, 0) is 9.59 Å². The molecule has 0 saturated heterocycles. The third kappa shape index (κ3) is 4.88. The summed E-state index contributed by atoms with van der Waals surface area (Å²) in [5.74, 6) is -0.718. The number of aliphatic imine (C=N–C) groups is 1. The van der Waals surface area contributed by atoms with Crippen LogP contribution < -0.4 is 9.64 Å². The molecule has 4 rings (SSSR count). The summed E-state index contributed by atoms with van der Waals surface area (Å²) in [5.41, 5.74) is 1.66. The van der Waals surface area contributed by atoms with Crippen molar-refractivity contribution in [2.24, 2.45) is 4.99 Å². The van der Waals surface area contributed by atoms with E-state index in [1.807, 2.05) is 0 Å². The number of amides is 1. The third-order valence-electron chi connectivity index (χ3n) is 5.16. The number of rotatable bonds is 6. The van der Waals surface area contributed by atoms with Crippen molar-refractivity contribution >= 4 is 40.9 Å². The van der Waals surface area contributed by atoms with E-state index in [1.165, 1.54) is 43.0 Å². The van der Waals surface area contributed by atoms with Crippen LogP contribution in [0.15, 0.2) is 83.5 Å². The zero-order valence-corrected chi connectivity index (χ0v) is 18.8. The van der Waals surface area contributed by atoms with Gasteiger partial charge in [0.1, 0.15) is 11.4 Å². The van der Waals surface area contributed by atoms with Gasteiger partial charge in [-0.25, -0.2) is 4.99 Å². The first-order valence-electron chi connectivity index (χ1n) is 10.5. The highest BCUT2D eigenvalue weighted by atomic mass is 16.6. The molecule has 35 heavy (non-hydrogen) atoms. The molecule has 0 spiro atoms. The minimum Gasteiger partial charge on any atom is -0.426 e. The van der Waals surface area contributed by atoms with Crippen LogP contribution in [0.4, 0.5) is 11.4 Å². The second-order valence-electron chi connectivity index (χ2n) is 7.65. The number of hydrogen-bond donors (Lipinski definition) is 0. The minimum absolute atomic E-state index is 0.0359. The van der Waals surface area contributed by atoms with E-state index in [4.69, 9.17) is 4.74 Å². The minimum atomic E-state index is -0.535. The predicted molar refractivity (Wildman–Crippen MR) is 129 cm³/mol. The molecule has 0 aliphatic carbocycles. The van der Waals surface area contributed by atoms with Gasteiger partial charge in [-0.05, 0) is 55.0 Å². The molecule has 1 amide bonds. The average molecular weight is 469 g/mol. The number of benzene rings is 3. The summed E-state index contributed by atoms with van der Waals surface area (Å²) in [6.45, 7) is 2.71. The number of carbonyl (C=O) groups excluding carboxylic acids is 3.